The van der Waals surface area contributed by atoms with E-state index in [2.05, 4.69) is 13.2 Å². The Kier molecular flexibility index (Phi) is 4.00. The molecule has 0 unspecified atom stereocenters. The van der Waals surface area contributed by atoms with E-state index in [1.807, 2.05) is 20.8 Å². The molecule has 0 aromatic heterocycles. The third-order valence-corrected chi connectivity index (χ3v) is 3.01. The molecule has 0 atom stereocenters. The molecular weight excluding hydrogens is 212 g/mol. The summed E-state index contributed by atoms with van der Waals surface area (Å²) < 4.78 is 0. The predicted octanol–water partition coefficient (Wildman–Crippen LogP) is 3.56. The Labute approximate surface area is 103 Å². The molecule has 92 valence electrons. The molecule has 0 aliphatic carbocycles. The van der Waals surface area contributed by atoms with Crippen LogP contribution in [0.1, 0.15) is 29.2 Å². The van der Waals surface area contributed by atoms with Gasteiger partial charge in [0.05, 0.1) is 0 Å². The van der Waals surface area contributed by atoms with Gasteiger partial charge in [0.15, 0.2) is 0 Å². The van der Waals surface area contributed by atoms with Crippen molar-refractivity contribution in [2.75, 3.05) is 0 Å². The molecule has 0 amide bonds. The van der Waals surface area contributed by atoms with E-state index in [0.717, 1.165) is 27.8 Å². The predicted molar refractivity (Wildman–Crippen MR) is 71.7 cm³/mol. The summed E-state index contributed by atoms with van der Waals surface area (Å²) >= 11 is 0. The molecule has 17 heavy (non-hydrogen) atoms. The zero-order valence-electron chi connectivity index (χ0n) is 10.8. The first-order valence-electron chi connectivity index (χ1n) is 5.68. The van der Waals surface area contributed by atoms with Crippen LogP contribution in [0.3, 0.4) is 0 Å². The first kappa shape index (κ1) is 13.4. The number of rotatable bonds is 4. The van der Waals surface area contributed by atoms with Crippen molar-refractivity contribution >= 4 is 0 Å². The molecule has 2 nitrogen and oxygen atoms in total. The molecule has 0 saturated heterocycles. The van der Waals surface area contributed by atoms with Crippen molar-refractivity contribution in [3.05, 3.63) is 47.1 Å². The van der Waals surface area contributed by atoms with Gasteiger partial charge < -0.3 is 10.2 Å². The van der Waals surface area contributed by atoms with Gasteiger partial charge in [-0.1, -0.05) is 18.2 Å². The van der Waals surface area contributed by atoms with Gasteiger partial charge in [0.25, 0.3) is 0 Å². The van der Waals surface area contributed by atoms with E-state index in [0.29, 0.717) is 12.8 Å². The number of aromatic hydroxyl groups is 2. The van der Waals surface area contributed by atoms with Gasteiger partial charge in [-0.05, 0) is 44.7 Å². The number of benzene rings is 1. The average Bonchev–Trinajstić information content (AvgIpc) is 2.27. The van der Waals surface area contributed by atoms with Crippen LogP contribution in [0.25, 0.3) is 0 Å². The number of allylic oxidation sites excluding steroid dienone is 2. The van der Waals surface area contributed by atoms with Gasteiger partial charge in [0, 0.05) is 11.1 Å². The van der Waals surface area contributed by atoms with Gasteiger partial charge in [-0.15, -0.1) is 6.58 Å². The van der Waals surface area contributed by atoms with Gasteiger partial charge >= 0.3 is 0 Å². The largest absolute Gasteiger partial charge is 0.507 e. The second kappa shape index (κ2) is 5.09. The van der Waals surface area contributed by atoms with Crippen molar-refractivity contribution in [3.8, 4) is 11.5 Å². The lowest BCUT2D eigenvalue weighted by Gasteiger charge is -2.17. The molecule has 0 bridgehead atoms. The van der Waals surface area contributed by atoms with Crippen LogP contribution in [0.4, 0.5) is 0 Å². The average molecular weight is 232 g/mol. The van der Waals surface area contributed by atoms with Crippen LogP contribution in [-0.4, -0.2) is 10.2 Å². The fraction of sp³-hybridized carbons (Fsp3) is 0.333. The maximum atomic E-state index is 10.3. The first-order valence-corrected chi connectivity index (χ1v) is 5.68. The fourth-order valence-electron chi connectivity index (χ4n) is 2.02. The van der Waals surface area contributed by atoms with Crippen molar-refractivity contribution in [2.24, 2.45) is 0 Å². The molecule has 1 aromatic carbocycles. The Morgan fingerprint density at radius 2 is 1.65 bits per heavy atom. The molecule has 0 saturated carbocycles. The number of hydrogen-bond donors (Lipinski definition) is 2. The van der Waals surface area contributed by atoms with Crippen molar-refractivity contribution in [2.45, 2.75) is 33.6 Å². The Hall–Kier alpha value is -1.70. The number of phenolic OH excluding ortho intramolecular Hbond substituents is 2. The number of phenols is 2. The molecule has 2 N–H and O–H groups in total. The molecular formula is C15H20O2. The summed E-state index contributed by atoms with van der Waals surface area (Å²) in [5, 5.41) is 20.3. The summed E-state index contributed by atoms with van der Waals surface area (Å²) in [5.74, 6) is 0.525. The first-order chi connectivity index (χ1) is 7.90. The third kappa shape index (κ3) is 2.52. The van der Waals surface area contributed by atoms with Crippen LogP contribution in [0.15, 0.2) is 24.8 Å². The zero-order valence-corrected chi connectivity index (χ0v) is 10.8. The topological polar surface area (TPSA) is 40.5 Å². The van der Waals surface area contributed by atoms with Gasteiger partial charge in [0.1, 0.15) is 11.5 Å². The van der Waals surface area contributed by atoms with Crippen LogP contribution in [0, 0.1) is 13.8 Å². The second-order valence-electron chi connectivity index (χ2n) is 4.53. The standard InChI is InChI=1S/C15H20O2/c1-6-7-12-10(4)14(16)11(5)13(15(12)17)8-9(2)3/h6,16-17H,1-2,7-8H2,3-5H3. The van der Waals surface area contributed by atoms with E-state index in [-0.39, 0.29) is 11.5 Å². The van der Waals surface area contributed by atoms with Crippen LogP contribution in [0.2, 0.25) is 0 Å². The summed E-state index contributed by atoms with van der Waals surface area (Å²) in [4.78, 5) is 0. The highest BCUT2D eigenvalue weighted by molar-refractivity contribution is 5.58. The third-order valence-electron chi connectivity index (χ3n) is 3.01. The number of hydrogen-bond acceptors (Lipinski definition) is 2. The minimum Gasteiger partial charge on any atom is -0.507 e. The lowest BCUT2D eigenvalue weighted by Crippen LogP contribution is -1.99. The van der Waals surface area contributed by atoms with E-state index in [4.69, 9.17) is 0 Å². The van der Waals surface area contributed by atoms with E-state index in [1.54, 1.807) is 6.08 Å². The summed E-state index contributed by atoms with van der Waals surface area (Å²) in [6.07, 6.45) is 2.85. The normalized spacial score (nSPS) is 10.3. The highest BCUT2D eigenvalue weighted by Crippen LogP contribution is 2.38. The summed E-state index contributed by atoms with van der Waals surface area (Å²) in [5.41, 5.74) is 3.93. The quantitative estimate of drug-likeness (QED) is 0.615. The Morgan fingerprint density at radius 1 is 1.12 bits per heavy atom. The second-order valence-corrected chi connectivity index (χ2v) is 4.53. The molecule has 0 aliphatic rings. The van der Waals surface area contributed by atoms with E-state index < -0.39 is 0 Å². The molecule has 1 rings (SSSR count). The summed E-state index contributed by atoms with van der Waals surface area (Å²) in [6, 6.07) is 0. The van der Waals surface area contributed by atoms with E-state index >= 15 is 0 Å². The van der Waals surface area contributed by atoms with Gasteiger partial charge in [-0.25, -0.2) is 0 Å². The van der Waals surface area contributed by atoms with Crippen molar-refractivity contribution in [1.29, 1.82) is 0 Å². The van der Waals surface area contributed by atoms with Crippen LogP contribution in [0.5, 0.6) is 11.5 Å². The van der Waals surface area contributed by atoms with E-state index in [1.165, 1.54) is 0 Å². The van der Waals surface area contributed by atoms with Crippen LogP contribution >= 0.6 is 0 Å². The maximum absolute atomic E-state index is 10.3. The fourth-order valence-corrected chi connectivity index (χ4v) is 2.02. The molecule has 0 spiro atoms. The molecule has 0 heterocycles. The smallest absolute Gasteiger partial charge is 0.123 e. The highest BCUT2D eigenvalue weighted by atomic mass is 16.3. The summed E-state index contributed by atoms with van der Waals surface area (Å²) in [7, 11) is 0. The van der Waals surface area contributed by atoms with Crippen molar-refractivity contribution < 1.29 is 10.2 Å². The molecule has 2 heteroatoms. The summed E-state index contributed by atoms with van der Waals surface area (Å²) in [6.45, 7) is 13.1. The molecule has 0 fully saturated rings. The van der Waals surface area contributed by atoms with Gasteiger partial charge in [-0.2, -0.15) is 0 Å². The molecule has 0 radical (unpaired) electrons. The molecule has 0 aliphatic heterocycles. The maximum Gasteiger partial charge on any atom is 0.123 e. The van der Waals surface area contributed by atoms with Crippen molar-refractivity contribution in [1.82, 2.24) is 0 Å². The van der Waals surface area contributed by atoms with Crippen LogP contribution in [-0.2, 0) is 12.8 Å². The zero-order chi connectivity index (χ0) is 13.2. The van der Waals surface area contributed by atoms with Crippen molar-refractivity contribution in [3.63, 3.8) is 0 Å². The SMILES string of the molecule is C=CCc1c(C)c(O)c(C)c(CC(=C)C)c1O. The Balaban J connectivity index is 3.48. The molecule has 1 aromatic rings. The Bertz CT molecular complexity index is 471. The Morgan fingerprint density at radius 3 is 2.12 bits per heavy atom. The minimum absolute atomic E-state index is 0.260. The van der Waals surface area contributed by atoms with Gasteiger partial charge in [0.2, 0.25) is 0 Å². The lowest BCUT2D eigenvalue weighted by molar-refractivity contribution is 0.443. The van der Waals surface area contributed by atoms with Crippen LogP contribution < -0.4 is 0 Å². The monoisotopic (exact) mass is 232 g/mol. The lowest BCUT2D eigenvalue weighted by atomic mass is 9.92. The minimum atomic E-state index is 0.260. The van der Waals surface area contributed by atoms with E-state index in [9.17, 15) is 10.2 Å². The highest BCUT2D eigenvalue weighted by Gasteiger charge is 2.17. The van der Waals surface area contributed by atoms with Gasteiger partial charge in [-0.3, -0.25) is 0 Å².